The number of carbonyl (C=O) groups is 2. The van der Waals surface area contributed by atoms with Crippen molar-refractivity contribution < 1.29 is 24.2 Å². The minimum atomic E-state index is -0.847. The van der Waals surface area contributed by atoms with E-state index >= 15 is 0 Å². The number of nitrogens with zero attached hydrogens (tertiary/aromatic N) is 1. The van der Waals surface area contributed by atoms with E-state index in [4.69, 9.17) is 14.6 Å². The predicted octanol–water partition coefficient (Wildman–Crippen LogP) is 3.96. The molecule has 1 aromatic heterocycles. The van der Waals surface area contributed by atoms with Crippen LogP contribution in [-0.4, -0.2) is 35.8 Å². The molecule has 1 heterocycles. The molecule has 0 radical (unpaired) electrons. The summed E-state index contributed by atoms with van der Waals surface area (Å²) in [5.41, 5.74) is 4.06. The number of ether oxygens (including phenoxy) is 2. The number of hydrogen-bond donors (Lipinski definition) is 1. The van der Waals surface area contributed by atoms with Crippen LogP contribution < -0.4 is 4.74 Å². The lowest BCUT2D eigenvalue weighted by Crippen LogP contribution is -2.06. The lowest BCUT2D eigenvalue weighted by Gasteiger charge is -2.14. The van der Waals surface area contributed by atoms with E-state index in [1.54, 1.807) is 19.2 Å². The highest BCUT2D eigenvalue weighted by atomic mass is 16.5. The summed E-state index contributed by atoms with van der Waals surface area (Å²) >= 11 is 0. The van der Waals surface area contributed by atoms with Crippen LogP contribution in [0.2, 0.25) is 0 Å². The molecule has 0 unspecified atom stereocenters. The summed E-state index contributed by atoms with van der Waals surface area (Å²) in [4.78, 5) is 22.7. The van der Waals surface area contributed by atoms with Gasteiger partial charge in [0.15, 0.2) is 0 Å². The standard InChI is InChI=1S/C22H21NO5/c1-27-19-11-5-15(6-12-19)20-13-9-18(10-14-21(24)25)23(20)17-7-3-16(4-8-17)22(26)28-2/h3-9,11-13H,10,14H2,1-2H3,(H,24,25). The molecule has 0 aliphatic carbocycles. The van der Waals surface area contributed by atoms with E-state index in [0.717, 1.165) is 28.4 Å². The van der Waals surface area contributed by atoms with Crippen molar-refractivity contribution in [1.29, 1.82) is 0 Å². The van der Waals surface area contributed by atoms with Crippen molar-refractivity contribution in [1.82, 2.24) is 4.57 Å². The summed E-state index contributed by atoms with van der Waals surface area (Å²) in [5, 5.41) is 9.07. The molecule has 0 saturated carbocycles. The Labute approximate surface area is 162 Å². The third kappa shape index (κ3) is 4.06. The maximum atomic E-state index is 11.7. The lowest BCUT2D eigenvalue weighted by atomic mass is 10.1. The van der Waals surface area contributed by atoms with Gasteiger partial charge in [-0.25, -0.2) is 4.79 Å². The summed E-state index contributed by atoms with van der Waals surface area (Å²) in [6.07, 6.45) is 0.427. The van der Waals surface area contributed by atoms with Gasteiger partial charge in [-0.15, -0.1) is 0 Å². The summed E-state index contributed by atoms with van der Waals surface area (Å²) in [6.45, 7) is 0. The summed E-state index contributed by atoms with van der Waals surface area (Å²) in [5.74, 6) is -0.490. The highest BCUT2D eigenvalue weighted by molar-refractivity contribution is 5.89. The maximum absolute atomic E-state index is 11.7. The van der Waals surface area contributed by atoms with E-state index in [0.29, 0.717) is 12.0 Å². The molecule has 0 atom stereocenters. The first kappa shape index (κ1) is 19.2. The van der Waals surface area contributed by atoms with Gasteiger partial charge in [0.05, 0.1) is 31.9 Å². The van der Waals surface area contributed by atoms with Gasteiger partial charge >= 0.3 is 11.9 Å². The second kappa shape index (κ2) is 8.43. The molecule has 0 amide bonds. The largest absolute Gasteiger partial charge is 0.497 e. The first-order valence-electron chi connectivity index (χ1n) is 8.79. The van der Waals surface area contributed by atoms with E-state index in [1.165, 1.54) is 7.11 Å². The molecule has 0 aliphatic heterocycles. The molecule has 0 saturated heterocycles. The zero-order valence-electron chi connectivity index (χ0n) is 15.7. The van der Waals surface area contributed by atoms with Crippen molar-refractivity contribution in [2.75, 3.05) is 14.2 Å². The van der Waals surface area contributed by atoms with Crippen molar-refractivity contribution in [3.05, 3.63) is 71.9 Å². The SMILES string of the molecule is COC(=O)c1ccc(-n2c(CCC(=O)O)ccc2-c2ccc(OC)cc2)cc1. The highest BCUT2D eigenvalue weighted by Gasteiger charge is 2.14. The normalized spacial score (nSPS) is 10.5. The molecule has 28 heavy (non-hydrogen) atoms. The van der Waals surface area contributed by atoms with Gasteiger partial charge in [-0.05, 0) is 72.6 Å². The number of carboxylic acid groups (broad SMARTS) is 1. The van der Waals surface area contributed by atoms with Gasteiger partial charge in [0.2, 0.25) is 0 Å². The van der Waals surface area contributed by atoms with Crippen LogP contribution in [0.4, 0.5) is 0 Å². The van der Waals surface area contributed by atoms with Crippen LogP contribution in [0.1, 0.15) is 22.5 Å². The van der Waals surface area contributed by atoms with Crippen molar-refractivity contribution in [2.45, 2.75) is 12.8 Å². The Kier molecular flexibility index (Phi) is 5.79. The van der Waals surface area contributed by atoms with Gasteiger partial charge < -0.3 is 19.1 Å². The van der Waals surface area contributed by atoms with E-state index in [9.17, 15) is 9.59 Å². The van der Waals surface area contributed by atoms with Crippen LogP contribution in [0.15, 0.2) is 60.7 Å². The van der Waals surface area contributed by atoms with Crippen molar-refractivity contribution in [3.8, 4) is 22.7 Å². The number of rotatable bonds is 7. The molecule has 144 valence electrons. The first-order valence-corrected chi connectivity index (χ1v) is 8.79. The Morgan fingerprint density at radius 1 is 0.929 bits per heavy atom. The number of carboxylic acids is 1. The molecule has 6 nitrogen and oxygen atoms in total. The third-order valence-corrected chi connectivity index (χ3v) is 4.49. The van der Waals surface area contributed by atoms with Crippen LogP contribution >= 0.6 is 0 Å². The molecule has 0 spiro atoms. The number of carbonyl (C=O) groups excluding carboxylic acids is 1. The average molecular weight is 379 g/mol. The molecule has 0 aliphatic rings. The van der Waals surface area contributed by atoms with E-state index in [2.05, 4.69) is 0 Å². The number of esters is 1. The fraction of sp³-hybridized carbons (Fsp3) is 0.182. The smallest absolute Gasteiger partial charge is 0.337 e. The predicted molar refractivity (Wildman–Crippen MR) is 105 cm³/mol. The minimum Gasteiger partial charge on any atom is -0.497 e. The number of methoxy groups -OCH3 is 2. The Morgan fingerprint density at radius 2 is 1.61 bits per heavy atom. The zero-order chi connectivity index (χ0) is 20.1. The van der Waals surface area contributed by atoms with E-state index in [-0.39, 0.29) is 6.42 Å². The molecule has 6 heteroatoms. The number of aryl methyl sites for hydroxylation is 1. The average Bonchev–Trinajstić information content (AvgIpc) is 3.15. The van der Waals surface area contributed by atoms with E-state index < -0.39 is 11.9 Å². The molecule has 1 N–H and O–H groups in total. The van der Waals surface area contributed by atoms with Gasteiger partial charge in [-0.2, -0.15) is 0 Å². The zero-order valence-corrected chi connectivity index (χ0v) is 15.7. The van der Waals surface area contributed by atoms with Gasteiger partial charge in [0.25, 0.3) is 0 Å². The summed E-state index contributed by atoms with van der Waals surface area (Å²) in [7, 11) is 2.96. The van der Waals surface area contributed by atoms with Gasteiger partial charge in [-0.3, -0.25) is 4.79 Å². The summed E-state index contributed by atoms with van der Waals surface area (Å²) < 4.78 is 12.0. The van der Waals surface area contributed by atoms with Crippen molar-refractivity contribution >= 4 is 11.9 Å². The number of benzene rings is 2. The van der Waals surface area contributed by atoms with Crippen LogP contribution in [-0.2, 0) is 16.0 Å². The van der Waals surface area contributed by atoms with Gasteiger partial charge in [-0.1, -0.05) is 0 Å². The van der Waals surface area contributed by atoms with Crippen LogP contribution in [0.25, 0.3) is 16.9 Å². The monoisotopic (exact) mass is 379 g/mol. The Bertz CT molecular complexity index is 971. The fourth-order valence-corrected chi connectivity index (χ4v) is 3.07. The fourth-order valence-electron chi connectivity index (χ4n) is 3.07. The van der Waals surface area contributed by atoms with Gasteiger partial charge in [0.1, 0.15) is 5.75 Å². The topological polar surface area (TPSA) is 77.8 Å². The Balaban J connectivity index is 2.05. The molecule has 0 fully saturated rings. The second-order valence-electron chi connectivity index (χ2n) is 6.21. The van der Waals surface area contributed by atoms with Crippen LogP contribution in [0.3, 0.4) is 0 Å². The molecule has 2 aromatic carbocycles. The Morgan fingerprint density at radius 3 is 2.18 bits per heavy atom. The highest BCUT2D eigenvalue weighted by Crippen LogP contribution is 2.29. The van der Waals surface area contributed by atoms with Crippen molar-refractivity contribution in [2.24, 2.45) is 0 Å². The third-order valence-electron chi connectivity index (χ3n) is 4.49. The number of aromatic nitrogens is 1. The molecule has 3 rings (SSSR count). The van der Waals surface area contributed by atoms with Crippen molar-refractivity contribution in [3.63, 3.8) is 0 Å². The molecular formula is C22H21NO5. The lowest BCUT2D eigenvalue weighted by molar-refractivity contribution is -0.136. The van der Waals surface area contributed by atoms with Crippen LogP contribution in [0, 0.1) is 0 Å². The van der Waals surface area contributed by atoms with Crippen LogP contribution in [0.5, 0.6) is 5.75 Å². The van der Waals surface area contributed by atoms with E-state index in [1.807, 2.05) is 53.1 Å². The summed E-state index contributed by atoms with van der Waals surface area (Å²) in [6, 6.07) is 18.6. The molecule has 0 bridgehead atoms. The maximum Gasteiger partial charge on any atom is 0.337 e. The Hall–Kier alpha value is -3.54. The quantitative estimate of drug-likeness (QED) is 0.629. The minimum absolute atomic E-state index is 0.0340. The first-order chi connectivity index (χ1) is 13.5. The second-order valence-corrected chi connectivity index (χ2v) is 6.21. The number of hydrogen-bond acceptors (Lipinski definition) is 4. The van der Waals surface area contributed by atoms with Gasteiger partial charge in [0, 0.05) is 11.4 Å². The number of aliphatic carboxylic acids is 1. The molecule has 3 aromatic rings. The molecular weight excluding hydrogens is 358 g/mol.